The van der Waals surface area contributed by atoms with Crippen LogP contribution in [0.25, 0.3) is 11.5 Å². The van der Waals surface area contributed by atoms with Gasteiger partial charge in [-0.3, -0.25) is 4.79 Å². The molecule has 2 aromatic heterocycles. The number of halogens is 1. The molecule has 7 heteroatoms. The standard InChI is InChI=1S/C19H18FN5O/c1-21-19(26)16(11-13-5-3-2-4-6-13)24-17-9-10-22-18(25-17)15-8-7-14(20)12-23-15/h2-10,12,16H,11H2,1H3,(H,21,26)(H,22,24,25). The summed E-state index contributed by atoms with van der Waals surface area (Å²) in [6.07, 6.45) is 3.19. The lowest BCUT2D eigenvalue weighted by molar-refractivity contribution is -0.121. The number of amides is 1. The first-order chi connectivity index (χ1) is 12.7. The first-order valence-electron chi connectivity index (χ1n) is 8.13. The smallest absolute Gasteiger partial charge is 0.242 e. The van der Waals surface area contributed by atoms with Crippen LogP contribution in [0.1, 0.15) is 5.56 Å². The second kappa shape index (κ2) is 8.15. The van der Waals surface area contributed by atoms with Crippen LogP contribution < -0.4 is 10.6 Å². The number of anilines is 1. The van der Waals surface area contributed by atoms with Gasteiger partial charge in [0.05, 0.1) is 6.20 Å². The summed E-state index contributed by atoms with van der Waals surface area (Å²) in [5.41, 5.74) is 1.48. The quantitative estimate of drug-likeness (QED) is 0.713. The Labute approximate surface area is 150 Å². The molecule has 0 spiro atoms. The number of nitrogens with one attached hydrogen (secondary N) is 2. The number of carbonyl (C=O) groups is 1. The van der Waals surface area contributed by atoms with Crippen molar-refractivity contribution in [2.24, 2.45) is 0 Å². The molecule has 0 aliphatic carbocycles. The predicted octanol–water partition coefficient (Wildman–Crippen LogP) is 2.45. The van der Waals surface area contributed by atoms with Gasteiger partial charge in [0, 0.05) is 19.7 Å². The van der Waals surface area contributed by atoms with Crippen LogP contribution in [0.5, 0.6) is 0 Å². The van der Waals surface area contributed by atoms with E-state index < -0.39 is 11.9 Å². The zero-order valence-electron chi connectivity index (χ0n) is 14.2. The summed E-state index contributed by atoms with van der Waals surface area (Å²) in [6.45, 7) is 0. The highest BCUT2D eigenvalue weighted by atomic mass is 19.1. The number of rotatable bonds is 6. The molecule has 2 heterocycles. The highest BCUT2D eigenvalue weighted by molar-refractivity contribution is 5.84. The summed E-state index contributed by atoms with van der Waals surface area (Å²) in [4.78, 5) is 24.8. The molecule has 26 heavy (non-hydrogen) atoms. The van der Waals surface area contributed by atoms with E-state index in [1.807, 2.05) is 30.3 Å². The Balaban J connectivity index is 1.81. The van der Waals surface area contributed by atoms with Gasteiger partial charge in [-0.2, -0.15) is 0 Å². The van der Waals surface area contributed by atoms with Crippen LogP contribution in [0.15, 0.2) is 60.9 Å². The molecule has 0 fully saturated rings. The Hall–Kier alpha value is -3.35. The first kappa shape index (κ1) is 17.5. The minimum Gasteiger partial charge on any atom is -0.358 e. The highest BCUT2D eigenvalue weighted by Gasteiger charge is 2.18. The topological polar surface area (TPSA) is 79.8 Å². The van der Waals surface area contributed by atoms with Crippen LogP contribution in [0.3, 0.4) is 0 Å². The van der Waals surface area contributed by atoms with Gasteiger partial charge >= 0.3 is 0 Å². The molecular formula is C19H18FN5O. The molecule has 2 N–H and O–H groups in total. The van der Waals surface area contributed by atoms with E-state index in [0.717, 1.165) is 11.8 Å². The summed E-state index contributed by atoms with van der Waals surface area (Å²) < 4.78 is 13.0. The normalized spacial score (nSPS) is 11.6. The SMILES string of the molecule is CNC(=O)C(Cc1ccccc1)Nc1ccnc(-c2ccc(F)cn2)n1. The van der Waals surface area contributed by atoms with Gasteiger partial charge in [0.2, 0.25) is 5.91 Å². The van der Waals surface area contributed by atoms with Crippen LogP contribution in [0.2, 0.25) is 0 Å². The van der Waals surface area contributed by atoms with Crippen molar-refractivity contribution >= 4 is 11.7 Å². The Bertz CT molecular complexity index is 871. The molecule has 1 atom stereocenters. The van der Waals surface area contributed by atoms with E-state index in [9.17, 15) is 9.18 Å². The number of aromatic nitrogens is 3. The maximum atomic E-state index is 13.0. The summed E-state index contributed by atoms with van der Waals surface area (Å²) in [5.74, 6) is 0.274. The lowest BCUT2D eigenvalue weighted by atomic mass is 10.1. The van der Waals surface area contributed by atoms with Gasteiger partial charge in [-0.1, -0.05) is 30.3 Å². The number of nitrogens with zero attached hydrogens (tertiary/aromatic N) is 3. The Morgan fingerprint density at radius 2 is 1.92 bits per heavy atom. The number of likely N-dealkylation sites (N-methyl/N-ethyl adjacent to an activating group) is 1. The van der Waals surface area contributed by atoms with Crippen molar-refractivity contribution in [2.75, 3.05) is 12.4 Å². The van der Waals surface area contributed by atoms with E-state index in [0.29, 0.717) is 23.8 Å². The molecule has 0 radical (unpaired) electrons. The van der Waals surface area contributed by atoms with Crippen LogP contribution in [0, 0.1) is 5.82 Å². The van der Waals surface area contributed by atoms with E-state index >= 15 is 0 Å². The van der Waals surface area contributed by atoms with Crippen molar-refractivity contribution in [3.8, 4) is 11.5 Å². The number of hydrogen-bond donors (Lipinski definition) is 2. The highest BCUT2D eigenvalue weighted by Crippen LogP contribution is 2.15. The molecule has 0 bridgehead atoms. The number of carbonyl (C=O) groups excluding carboxylic acids is 1. The number of hydrogen-bond acceptors (Lipinski definition) is 5. The lowest BCUT2D eigenvalue weighted by Gasteiger charge is -2.18. The first-order valence-corrected chi connectivity index (χ1v) is 8.13. The van der Waals surface area contributed by atoms with Crippen molar-refractivity contribution in [1.82, 2.24) is 20.3 Å². The average molecular weight is 351 g/mol. The zero-order valence-corrected chi connectivity index (χ0v) is 14.2. The molecule has 0 aliphatic rings. The summed E-state index contributed by atoms with van der Waals surface area (Å²) in [6, 6.07) is 13.7. The monoisotopic (exact) mass is 351 g/mol. The van der Waals surface area contributed by atoms with Gasteiger partial charge < -0.3 is 10.6 Å². The van der Waals surface area contributed by atoms with Crippen LogP contribution in [0.4, 0.5) is 10.2 Å². The van der Waals surface area contributed by atoms with Crippen molar-refractivity contribution < 1.29 is 9.18 Å². The van der Waals surface area contributed by atoms with Crippen LogP contribution in [-0.2, 0) is 11.2 Å². The maximum Gasteiger partial charge on any atom is 0.242 e. The van der Waals surface area contributed by atoms with E-state index in [1.165, 1.54) is 12.1 Å². The van der Waals surface area contributed by atoms with Crippen molar-refractivity contribution in [2.45, 2.75) is 12.5 Å². The van der Waals surface area contributed by atoms with Crippen molar-refractivity contribution in [3.05, 3.63) is 72.3 Å². The molecular weight excluding hydrogens is 333 g/mol. The fraction of sp³-hybridized carbons (Fsp3) is 0.158. The molecule has 1 amide bonds. The molecule has 1 aromatic carbocycles. The largest absolute Gasteiger partial charge is 0.358 e. The van der Waals surface area contributed by atoms with Crippen molar-refractivity contribution in [1.29, 1.82) is 0 Å². The van der Waals surface area contributed by atoms with Gasteiger partial charge in [0.1, 0.15) is 23.4 Å². The fourth-order valence-corrected chi connectivity index (χ4v) is 2.48. The summed E-state index contributed by atoms with van der Waals surface area (Å²) >= 11 is 0. The molecule has 6 nitrogen and oxygen atoms in total. The average Bonchev–Trinajstić information content (AvgIpc) is 2.68. The van der Waals surface area contributed by atoms with E-state index in [-0.39, 0.29) is 5.91 Å². The lowest BCUT2D eigenvalue weighted by Crippen LogP contribution is -2.39. The number of benzene rings is 1. The molecule has 0 aliphatic heterocycles. The summed E-state index contributed by atoms with van der Waals surface area (Å²) in [5, 5.41) is 5.79. The molecule has 3 rings (SSSR count). The number of pyridine rings is 1. The zero-order chi connectivity index (χ0) is 18.4. The van der Waals surface area contributed by atoms with E-state index in [2.05, 4.69) is 25.6 Å². The van der Waals surface area contributed by atoms with Gasteiger partial charge in [-0.25, -0.2) is 19.3 Å². The van der Waals surface area contributed by atoms with Crippen molar-refractivity contribution in [3.63, 3.8) is 0 Å². The Morgan fingerprint density at radius 3 is 2.62 bits per heavy atom. The van der Waals surface area contributed by atoms with Crippen LogP contribution >= 0.6 is 0 Å². The van der Waals surface area contributed by atoms with Gasteiger partial charge in [0.15, 0.2) is 5.82 Å². The summed E-state index contributed by atoms with van der Waals surface area (Å²) in [7, 11) is 1.59. The molecule has 3 aromatic rings. The van der Waals surface area contributed by atoms with Crippen LogP contribution in [-0.4, -0.2) is 33.9 Å². The van der Waals surface area contributed by atoms with Gasteiger partial charge in [-0.05, 0) is 23.8 Å². The molecule has 0 saturated heterocycles. The second-order valence-electron chi connectivity index (χ2n) is 5.63. The van der Waals surface area contributed by atoms with E-state index in [1.54, 1.807) is 19.3 Å². The fourth-order valence-electron chi connectivity index (χ4n) is 2.48. The maximum absolute atomic E-state index is 13.0. The van der Waals surface area contributed by atoms with E-state index in [4.69, 9.17) is 0 Å². The third-order valence-electron chi connectivity index (χ3n) is 3.78. The Kier molecular flexibility index (Phi) is 5.48. The predicted molar refractivity (Wildman–Crippen MR) is 96.8 cm³/mol. The minimum atomic E-state index is -0.494. The second-order valence-corrected chi connectivity index (χ2v) is 5.63. The molecule has 1 unspecified atom stereocenters. The molecule has 132 valence electrons. The van der Waals surface area contributed by atoms with Gasteiger partial charge in [-0.15, -0.1) is 0 Å². The third-order valence-corrected chi connectivity index (χ3v) is 3.78. The van der Waals surface area contributed by atoms with Gasteiger partial charge in [0.25, 0.3) is 0 Å². The molecule has 0 saturated carbocycles. The minimum absolute atomic E-state index is 0.145. The third kappa shape index (κ3) is 4.38. The Morgan fingerprint density at radius 1 is 1.12 bits per heavy atom.